The molecule has 4 heterocycles. The van der Waals surface area contributed by atoms with Gasteiger partial charge in [-0.1, -0.05) is 12.1 Å². The van der Waals surface area contributed by atoms with Crippen LogP contribution in [0.5, 0.6) is 0 Å². The fourth-order valence-corrected chi connectivity index (χ4v) is 3.95. The number of carbonyl (C=O) groups is 1. The molecule has 3 aromatic heterocycles. The van der Waals surface area contributed by atoms with Crippen molar-refractivity contribution in [3.8, 4) is 5.82 Å². The highest BCUT2D eigenvalue weighted by Crippen LogP contribution is 2.39. The van der Waals surface area contributed by atoms with E-state index in [2.05, 4.69) is 21.4 Å². The molecule has 1 aliphatic heterocycles. The maximum absolute atomic E-state index is 11.8. The van der Waals surface area contributed by atoms with Crippen molar-refractivity contribution in [2.75, 3.05) is 13.7 Å². The fourth-order valence-electron chi connectivity index (χ4n) is 3.62. The first-order valence-corrected chi connectivity index (χ1v) is 9.73. The zero-order valence-electron chi connectivity index (χ0n) is 15.9. The summed E-state index contributed by atoms with van der Waals surface area (Å²) in [5, 5.41) is 3.97. The molecule has 0 saturated carbocycles. The molecular weight excluding hydrogens is 386 g/mol. The van der Waals surface area contributed by atoms with E-state index in [1.165, 1.54) is 7.11 Å². The van der Waals surface area contributed by atoms with Crippen LogP contribution in [0.1, 0.15) is 29.9 Å². The Bertz CT molecular complexity index is 993. The van der Waals surface area contributed by atoms with Crippen LogP contribution in [0.4, 0.5) is 0 Å². The largest absolute Gasteiger partial charge is 0.469 e. The number of hydrogen-bond donors (Lipinski definition) is 1. The number of rotatable bonds is 6. The molecule has 4 rings (SSSR count). The Kier molecular flexibility index (Phi) is 5.53. The first-order chi connectivity index (χ1) is 14.2. The van der Waals surface area contributed by atoms with Gasteiger partial charge in [0.2, 0.25) is 0 Å². The SMILES string of the molecule is COC(=O)CCN1C(=S)NC(c2ccccn2)C1c1cccn1-c1ccccn1. The molecule has 7 nitrogen and oxygen atoms in total. The third kappa shape index (κ3) is 3.84. The third-order valence-corrected chi connectivity index (χ3v) is 5.31. The van der Waals surface area contributed by atoms with E-state index < -0.39 is 0 Å². The number of hydrogen-bond acceptors (Lipinski definition) is 5. The predicted octanol–water partition coefficient (Wildman–Crippen LogP) is 2.80. The van der Waals surface area contributed by atoms with Gasteiger partial charge in [0.05, 0.1) is 31.3 Å². The summed E-state index contributed by atoms with van der Waals surface area (Å²) in [6.45, 7) is 0.444. The van der Waals surface area contributed by atoms with Crippen molar-refractivity contribution >= 4 is 23.3 Å². The first kappa shape index (κ1) is 19.1. The molecule has 1 fully saturated rings. The van der Waals surface area contributed by atoms with Crippen LogP contribution in [0.15, 0.2) is 67.1 Å². The zero-order valence-corrected chi connectivity index (χ0v) is 16.7. The van der Waals surface area contributed by atoms with Gasteiger partial charge in [0, 0.05) is 30.8 Å². The Labute approximate surface area is 174 Å². The number of pyridine rings is 2. The molecule has 2 atom stereocenters. The van der Waals surface area contributed by atoms with Crippen molar-refractivity contribution in [2.24, 2.45) is 0 Å². The molecule has 2 unspecified atom stereocenters. The van der Waals surface area contributed by atoms with E-state index in [0.717, 1.165) is 17.2 Å². The van der Waals surface area contributed by atoms with Crippen LogP contribution in [-0.2, 0) is 9.53 Å². The first-order valence-electron chi connectivity index (χ1n) is 9.32. The van der Waals surface area contributed by atoms with Gasteiger partial charge in [-0.2, -0.15) is 0 Å². The molecule has 1 saturated heterocycles. The normalized spacial score (nSPS) is 18.5. The Hall–Kier alpha value is -3.26. The summed E-state index contributed by atoms with van der Waals surface area (Å²) in [5.74, 6) is 0.547. The summed E-state index contributed by atoms with van der Waals surface area (Å²) in [4.78, 5) is 22.8. The van der Waals surface area contributed by atoms with E-state index in [0.29, 0.717) is 11.7 Å². The summed E-state index contributed by atoms with van der Waals surface area (Å²) in [6.07, 6.45) is 5.76. The lowest BCUT2D eigenvalue weighted by Gasteiger charge is -2.28. The van der Waals surface area contributed by atoms with Crippen LogP contribution >= 0.6 is 12.2 Å². The maximum atomic E-state index is 11.8. The molecule has 1 N–H and O–H groups in total. The van der Waals surface area contributed by atoms with Crippen LogP contribution in [0.25, 0.3) is 5.82 Å². The Morgan fingerprint density at radius 3 is 2.62 bits per heavy atom. The van der Waals surface area contributed by atoms with Gasteiger partial charge in [0.15, 0.2) is 5.11 Å². The van der Waals surface area contributed by atoms with E-state index in [1.54, 1.807) is 12.4 Å². The quantitative estimate of drug-likeness (QED) is 0.498. The number of esters is 1. The van der Waals surface area contributed by atoms with Gasteiger partial charge in [0.1, 0.15) is 5.82 Å². The minimum Gasteiger partial charge on any atom is -0.469 e. The van der Waals surface area contributed by atoms with Crippen molar-refractivity contribution < 1.29 is 9.53 Å². The van der Waals surface area contributed by atoms with Crippen molar-refractivity contribution in [1.29, 1.82) is 0 Å². The molecule has 0 aromatic carbocycles. The minimum atomic E-state index is -0.270. The molecule has 0 amide bonds. The number of nitrogens with zero attached hydrogens (tertiary/aromatic N) is 4. The van der Waals surface area contributed by atoms with E-state index in [4.69, 9.17) is 17.0 Å². The fraction of sp³-hybridized carbons (Fsp3) is 0.238. The lowest BCUT2D eigenvalue weighted by atomic mass is 10.0. The molecule has 29 heavy (non-hydrogen) atoms. The van der Waals surface area contributed by atoms with Gasteiger partial charge in [-0.05, 0) is 48.6 Å². The number of ether oxygens (including phenoxy) is 1. The Balaban J connectivity index is 1.75. The highest BCUT2D eigenvalue weighted by Gasteiger charge is 2.41. The number of carbonyl (C=O) groups excluding carboxylic acids is 1. The second kappa shape index (κ2) is 8.40. The third-order valence-electron chi connectivity index (χ3n) is 4.96. The van der Waals surface area contributed by atoms with Crippen molar-refractivity contribution in [1.82, 2.24) is 24.8 Å². The van der Waals surface area contributed by atoms with Crippen LogP contribution in [0.3, 0.4) is 0 Å². The second-order valence-corrected chi connectivity index (χ2v) is 7.02. The van der Waals surface area contributed by atoms with Gasteiger partial charge in [-0.15, -0.1) is 0 Å². The van der Waals surface area contributed by atoms with Gasteiger partial charge in [-0.25, -0.2) is 4.98 Å². The standard InChI is InChI=1S/C21H21N5O2S/c1-28-18(27)10-14-26-20(19(24-21(26)29)15-7-2-4-11-22-15)16-8-6-13-25(16)17-9-3-5-12-23-17/h2-9,11-13,19-20H,10,14H2,1H3,(H,24,29). The molecular formula is C21H21N5O2S. The van der Waals surface area contributed by atoms with Gasteiger partial charge in [0.25, 0.3) is 0 Å². The average Bonchev–Trinajstić information content (AvgIpc) is 3.37. The number of methoxy groups -OCH3 is 1. The van der Waals surface area contributed by atoms with E-state index in [9.17, 15) is 4.79 Å². The summed E-state index contributed by atoms with van der Waals surface area (Å²) in [7, 11) is 1.39. The number of nitrogens with one attached hydrogen (secondary N) is 1. The molecule has 3 aromatic rings. The summed E-state index contributed by atoms with van der Waals surface area (Å²) in [6, 6.07) is 15.3. The monoisotopic (exact) mass is 407 g/mol. The Morgan fingerprint density at radius 1 is 1.14 bits per heavy atom. The summed E-state index contributed by atoms with van der Waals surface area (Å²) >= 11 is 5.63. The van der Waals surface area contributed by atoms with Gasteiger partial charge >= 0.3 is 5.97 Å². The van der Waals surface area contributed by atoms with Crippen LogP contribution in [0.2, 0.25) is 0 Å². The van der Waals surface area contributed by atoms with E-state index >= 15 is 0 Å². The zero-order chi connectivity index (χ0) is 20.2. The number of aromatic nitrogens is 3. The minimum absolute atomic E-state index is 0.154. The molecule has 0 bridgehead atoms. The molecule has 0 spiro atoms. The van der Waals surface area contributed by atoms with Crippen LogP contribution in [0, 0.1) is 0 Å². The highest BCUT2D eigenvalue weighted by atomic mass is 32.1. The lowest BCUT2D eigenvalue weighted by Crippen LogP contribution is -2.32. The maximum Gasteiger partial charge on any atom is 0.307 e. The smallest absolute Gasteiger partial charge is 0.307 e. The van der Waals surface area contributed by atoms with Crippen LogP contribution < -0.4 is 5.32 Å². The highest BCUT2D eigenvalue weighted by molar-refractivity contribution is 7.80. The molecule has 0 radical (unpaired) electrons. The molecule has 1 aliphatic rings. The molecule has 0 aliphatic carbocycles. The summed E-state index contributed by atoms with van der Waals surface area (Å²) < 4.78 is 6.86. The number of thiocarbonyl (C=S) groups is 1. The van der Waals surface area contributed by atoms with E-state index in [1.807, 2.05) is 58.1 Å². The topological polar surface area (TPSA) is 72.3 Å². The van der Waals surface area contributed by atoms with E-state index in [-0.39, 0.29) is 24.5 Å². The Morgan fingerprint density at radius 2 is 1.93 bits per heavy atom. The van der Waals surface area contributed by atoms with Crippen molar-refractivity contribution in [3.05, 3.63) is 78.5 Å². The van der Waals surface area contributed by atoms with Gasteiger partial charge < -0.3 is 19.5 Å². The summed E-state index contributed by atoms with van der Waals surface area (Å²) in [5.41, 5.74) is 1.89. The van der Waals surface area contributed by atoms with Crippen LogP contribution in [-0.4, -0.2) is 44.2 Å². The van der Waals surface area contributed by atoms with Crippen molar-refractivity contribution in [2.45, 2.75) is 18.5 Å². The average molecular weight is 407 g/mol. The second-order valence-electron chi connectivity index (χ2n) is 6.64. The van der Waals surface area contributed by atoms with Crippen molar-refractivity contribution in [3.63, 3.8) is 0 Å². The lowest BCUT2D eigenvalue weighted by molar-refractivity contribution is -0.140. The molecule has 8 heteroatoms. The molecule has 148 valence electrons. The van der Waals surface area contributed by atoms with Gasteiger partial charge in [-0.3, -0.25) is 9.78 Å². The predicted molar refractivity (Wildman–Crippen MR) is 112 cm³/mol.